The third-order valence-corrected chi connectivity index (χ3v) is 7.59. The zero-order chi connectivity index (χ0) is 22.2. The quantitative estimate of drug-likeness (QED) is 0.418. The molecule has 1 atom stereocenters. The summed E-state index contributed by atoms with van der Waals surface area (Å²) in [7, 11) is 0. The molecule has 1 unspecified atom stereocenters. The van der Waals surface area contributed by atoms with Crippen molar-refractivity contribution in [2.75, 3.05) is 6.61 Å². The number of aryl methyl sites for hydroxylation is 2. The van der Waals surface area contributed by atoms with Gasteiger partial charge >= 0.3 is 5.69 Å². The normalized spacial score (nSPS) is 16.2. The molecule has 0 spiro atoms. The van der Waals surface area contributed by atoms with Crippen molar-refractivity contribution in [3.05, 3.63) is 61.4 Å². The van der Waals surface area contributed by atoms with Gasteiger partial charge in [-0.05, 0) is 32.3 Å². The zero-order valence-electron chi connectivity index (χ0n) is 17.8. The second kappa shape index (κ2) is 8.68. The highest BCUT2D eigenvalue weighted by Gasteiger charge is 2.21. The number of nitrogens with one attached hydrogen (secondary N) is 2. The zero-order valence-corrected chi connectivity index (χ0v) is 19.4. The summed E-state index contributed by atoms with van der Waals surface area (Å²) in [5, 5.41) is 7.84. The van der Waals surface area contributed by atoms with Gasteiger partial charge in [0.15, 0.2) is 5.16 Å². The smallest absolute Gasteiger partial charge is 0.344 e. The fraction of sp³-hybridized carbons (Fsp3) is 0.364. The van der Waals surface area contributed by atoms with Crippen LogP contribution < -0.4 is 11.2 Å². The summed E-state index contributed by atoms with van der Waals surface area (Å²) in [6.07, 6.45) is 1.98. The van der Waals surface area contributed by atoms with Crippen LogP contribution in [0.3, 0.4) is 0 Å². The maximum absolute atomic E-state index is 13.0. The molecule has 0 radical (unpaired) electrons. The predicted molar refractivity (Wildman–Crippen MR) is 127 cm³/mol. The molecule has 0 saturated carbocycles. The number of fused-ring (bicyclic) bond motifs is 1. The van der Waals surface area contributed by atoms with Gasteiger partial charge in [0, 0.05) is 17.0 Å². The molecule has 0 amide bonds. The minimum atomic E-state index is -0.253. The van der Waals surface area contributed by atoms with Gasteiger partial charge in [-0.3, -0.25) is 9.36 Å². The Morgan fingerprint density at radius 1 is 1.25 bits per heavy atom. The Kier molecular flexibility index (Phi) is 5.75. The molecular formula is C22H23N5O3S2. The van der Waals surface area contributed by atoms with Crippen LogP contribution in [0.15, 0.2) is 39.0 Å². The van der Waals surface area contributed by atoms with E-state index in [1.807, 2.05) is 38.1 Å². The third kappa shape index (κ3) is 4.05. The largest absolute Gasteiger partial charge is 0.376 e. The number of rotatable bonds is 6. The Morgan fingerprint density at radius 2 is 2.06 bits per heavy atom. The first-order valence-electron chi connectivity index (χ1n) is 10.5. The molecule has 1 fully saturated rings. The van der Waals surface area contributed by atoms with E-state index in [1.54, 1.807) is 4.57 Å². The Balaban J connectivity index is 1.41. The van der Waals surface area contributed by atoms with Crippen LogP contribution in [0.2, 0.25) is 0 Å². The van der Waals surface area contributed by atoms with Gasteiger partial charge in [0.05, 0.1) is 23.8 Å². The summed E-state index contributed by atoms with van der Waals surface area (Å²) in [6, 6.07) is 8.17. The molecule has 4 aromatic rings. The van der Waals surface area contributed by atoms with Gasteiger partial charge in [-0.1, -0.05) is 41.6 Å². The van der Waals surface area contributed by atoms with Crippen molar-refractivity contribution in [3.63, 3.8) is 0 Å². The average molecular weight is 470 g/mol. The molecular weight excluding hydrogens is 446 g/mol. The lowest BCUT2D eigenvalue weighted by atomic mass is 10.0. The highest BCUT2D eigenvalue weighted by molar-refractivity contribution is 7.98. The molecule has 2 N–H and O–H groups in total. The van der Waals surface area contributed by atoms with E-state index in [4.69, 9.17) is 9.72 Å². The number of hydrogen-bond acceptors (Lipinski definition) is 7. The summed E-state index contributed by atoms with van der Waals surface area (Å²) in [5.74, 6) is 0.959. The first-order chi connectivity index (χ1) is 15.5. The van der Waals surface area contributed by atoms with Crippen LogP contribution in [0, 0.1) is 13.8 Å². The monoisotopic (exact) mass is 469 g/mol. The standard InChI is InChI=1S/C22H23N5O3S2/c1-12-5-7-14(8-6-12)17-13(2)32-20-18(17)19(28)23-16(24-20)11-31-22-26-25-21(29)27(22)10-15-4-3-9-30-15/h5-8,15H,3-4,9-11H2,1-2H3,(H,25,29)(H,23,24,28). The molecule has 8 nitrogen and oxygen atoms in total. The third-order valence-electron chi connectivity index (χ3n) is 5.60. The minimum Gasteiger partial charge on any atom is -0.376 e. The Hall–Kier alpha value is -2.69. The number of benzene rings is 1. The number of thioether (sulfide) groups is 1. The van der Waals surface area contributed by atoms with Gasteiger partial charge in [-0.2, -0.15) is 0 Å². The summed E-state index contributed by atoms with van der Waals surface area (Å²) >= 11 is 2.89. The van der Waals surface area contributed by atoms with E-state index in [9.17, 15) is 9.59 Å². The van der Waals surface area contributed by atoms with Crippen molar-refractivity contribution in [3.8, 4) is 11.1 Å². The van der Waals surface area contributed by atoms with Crippen molar-refractivity contribution in [2.45, 2.75) is 50.2 Å². The number of aromatic nitrogens is 5. The van der Waals surface area contributed by atoms with E-state index in [1.165, 1.54) is 28.7 Å². The topological polar surface area (TPSA) is 106 Å². The molecule has 10 heteroatoms. The van der Waals surface area contributed by atoms with Crippen LogP contribution in [-0.4, -0.2) is 37.4 Å². The summed E-state index contributed by atoms with van der Waals surface area (Å²) in [5.41, 5.74) is 2.73. The first-order valence-corrected chi connectivity index (χ1v) is 12.3. The van der Waals surface area contributed by atoms with E-state index < -0.39 is 0 Å². The SMILES string of the molecule is Cc1ccc(-c2c(C)sc3nc(CSc4n[nH]c(=O)n4CC4CCCO4)[nH]c(=O)c23)cc1. The van der Waals surface area contributed by atoms with Crippen molar-refractivity contribution in [1.29, 1.82) is 0 Å². The molecule has 5 rings (SSSR count). The van der Waals surface area contributed by atoms with Crippen LogP contribution in [0.5, 0.6) is 0 Å². The van der Waals surface area contributed by atoms with Crippen molar-refractivity contribution < 1.29 is 4.74 Å². The fourth-order valence-corrected chi connectivity index (χ4v) is 5.89. The summed E-state index contributed by atoms with van der Waals surface area (Å²) in [4.78, 5) is 34.6. The number of aromatic amines is 2. The van der Waals surface area contributed by atoms with Gasteiger partial charge in [0.2, 0.25) is 0 Å². The lowest BCUT2D eigenvalue weighted by molar-refractivity contribution is 0.0941. The molecule has 1 aromatic carbocycles. The second-order valence-electron chi connectivity index (χ2n) is 7.94. The molecule has 1 aliphatic rings. The molecule has 166 valence electrons. The summed E-state index contributed by atoms with van der Waals surface area (Å²) in [6.45, 7) is 5.27. The Labute approximate surface area is 192 Å². The number of ether oxygens (including phenoxy) is 1. The van der Waals surface area contributed by atoms with Gasteiger partial charge < -0.3 is 9.72 Å². The van der Waals surface area contributed by atoms with Crippen LogP contribution >= 0.6 is 23.1 Å². The lowest BCUT2D eigenvalue weighted by Crippen LogP contribution is -2.25. The Morgan fingerprint density at radius 3 is 2.81 bits per heavy atom. The van der Waals surface area contributed by atoms with Crippen LogP contribution in [0.4, 0.5) is 0 Å². The van der Waals surface area contributed by atoms with Gasteiger partial charge in [-0.25, -0.2) is 14.9 Å². The number of H-pyrrole nitrogens is 2. The van der Waals surface area contributed by atoms with E-state index in [2.05, 4.69) is 15.2 Å². The molecule has 0 bridgehead atoms. The highest BCUT2D eigenvalue weighted by Crippen LogP contribution is 2.35. The minimum absolute atomic E-state index is 0.0354. The maximum atomic E-state index is 13.0. The molecule has 4 heterocycles. The predicted octanol–water partition coefficient (Wildman–Crippen LogP) is 3.62. The van der Waals surface area contributed by atoms with Crippen LogP contribution in [0.1, 0.15) is 29.1 Å². The van der Waals surface area contributed by atoms with Gasteiger partial charge in [0.25, 0.3) is 5.56 Å². The van der Waals surface area contributed by atoms with Gasteiger partial charge in [-0.15, -0.1) is 16.4 Å². The Bertz CT molecular complexity index is 1380. The lowest BCUT2D eigenvalue weighted by Gasteiger charge is -2.10. The second-order valence-corrected chi connectivity index (χ2v) is 10.1. The van der Waals surface area contributed by atoms with Crippen LogP contribution in [0.25, 0.3) is 21.3 Å². The van der Waals surface area contributed by atoms with Crippen LogP contribution in [-0.2, 0) is 17.0 Å². The molecule has 32 heavy (non-hydrogen) atoms. The molecule has 3 aromatic heterocycles. The van der Waals surface area contributed by atoms with E-state index in [-0.39, 0.29) is 17.4 Å². The van der Waals surface area contributed by atoms with E-state index >= 15 is 0 Å². The molecule has 0 aliphatic carbocycles. The van der Waals surface area contributed by atoms with Crippen molar-refractivity contribution in [2.24, 2.45) is 0 Å². The number of thiophene rings is 1. The van der Waals surface area contributed by atoms with E-state index in [0.717, 1.165) is 40.3 Å². The van der Waals surface area contributed by atoms with E-state index in [0.29, 0.717) is 28.7 Å². The number of nitrogens with zero attached hydrogens (tertiary/aromatic N) is 3. The summed E-state index contributed by atoms with van der Waals surface area (Å²) < 4.78 is 7.25. The fourth-order valence-electron chi connectivity index (χ4n) is 4.00. The molecule has 1 saturated heterocycles. The molecule has 1 aliphatic heterocycles. The first kappa shape index (κ1) is 21.2. The van der Waals surface area contributed by atoms with Crippen molar-refractivity contribution in [1.82, 2.24) is 24.7 Å². The van der Waals surface area contributed by atoms with Gasteiger partial charge in [0.1, 0.15) is 10.7 Å². The average Bonchev–Trinajstić information content (AvgIpc) is 3.48. The highest BCUT2D eigenvalue weighted by atomic mass is 32.2. The maximum Gasteiger partial charge on any atom is 0.344 e. The van der Waals surface area contributed by atoms with Crippen molar-refractivity contribution >= 4 is 33.3 Å². The number of hydrogen-bond donors (Lipinski definition) is 2.